The average Bonchev–Trinajstić information content (AvgIpc) is 3.33. The third kappa shape index (κ3) is 4.36. The van der Waals surface area contributed by atoms with Crippen molar-refractivity contribution >= 4 is 5.69 Å². The summed E-state index contributed by atoms with van der Waals surface area (Å²) in [5.41, 5.74) is 3.87. The Labute approximate surface area is 205 Å². The normalized spacial score (nSPS) is 24.8. The molecule has 2 aliphatic heterocycles. The fraction of sp³-hybridized carbons (Fsp3) is 0.600. The summed E-state index contributed by atoms with van der Waals surface area (Å²) in [5.74, 6) is 3.52. The summed E-state index contributed by atoms with van der Waals surface area (Å²) in [5, 5.41) is 0. The van der Waals surface area contributed by atoms with Gasteiger partial charge < -0.3 is 19.1 Å². The highest BCUT2D eigenvalue weighted by atomic mass is 16.7. The summed E-state index contributed by atoms with van der Waals surface area (Å²) >= 11 is 0. The lowest BCUT2D eigenvalue weighted by atomic mass is 9.62. The number of ether oxygens (including phenoxy) is 3. The maximum Gasteiger partial charge on any atom is 0.231 e. The van der Waals surface area contributed by atoms with E-state index < -0.39 is 0 Å². The molecule has 1 saturated carbocycles. The quantitative estimate of drug-likeness (QED) is 0.357. The van der Waals surface area contributed by atoms with Crippen molar-refractivity contribution in [2.45, 2.75) is 89.6 Å². The molecule has 184 valence electrons. The Morgan fingerprint density at radius 3 is 2.44 bits per heavy atom. The highest BCUT2D eigenvalue weighted by molar-refractivity contribution is 5.58. The molecule has 5 rings (SSSR count). The third-order valence-electron chi connectivity index (χ3n) is 8.47. The molecule has 0 saturated heterocycles. The lowest BCUT2D eigenvalue weighted by Crippen LogP contribution is -2.51. The van der Waals surface area contributed by atoms with E-state index in [9.17, 15) is 0 Å². The minimum atomic E-state index is -0.0747. The van der Waals surface area contributed by atoms with Crippen molar-refractivity contribution in [2.24, 2.45) is 5.92 Å². The van der Waals surface area contributed by atoms with Crippen LogP contribution < -0.4 is 19.1 Å². The van der Waals surface area contributed by atoms with Gasteiger partial charge in [0.1, 0.15) is 11.4 Å². The molecule has 0 aromatic heterocycles. The number of hydrogen-bond acceptors (Lipinski definition) is 4. The number of fused-ring (bicyclic) bond motifs is 3. The van der Waals surface area contributed by atoms with Crippen LogP contribution in [-0.4, -0.2) is 26.0 Å². The van der Waals surface area contributed by atoms with E-state index in [0.29, 0.717) is 18.6 Å². The summed E-state index contributed by atoms with van der Waals surface area (Å²) in [6.45, 7) is 5.79. The van der Waals surface area contributed by atoms with E-state index in [1.54, 1.807) is 0 Å². The van der Waals surface area contributed by atoms with Crippen LogP contribution in [-0.2, 0) is 0 Å². The van der Waals surface area contributed by atoms with E-state index in [0.717, 1.165) is 36.6 Å². The third-order valence-corrected chi connectivity index (χ3v) is 8.47. The molecule has 3 atom stereocenters. The summed E-state index contributed by atoms with van der Waals surface area (Å²) < 4.78 is 18.6. The van der Waals surface area contributed by atoms with Gasteiger partial charge in [0.2, 0.25) is 6.79 Å². The molecular weight excluding hydrogens is 422 g/mol. The van der Waals surface area contributed by atoms with Crippen LogP contribution in [0.25, 0.3) is 0 Å². The molecular formula is C30H41NO3. The van der Waals surface area contributed by atoms with Crippen molar-refractivity contribution in [3.05, 3.63) is 47.5 Å². The minimum absolute atomic E-state index is 0.0747. The molecule has 0 N–H and O–H groups in total. The van der Waals surface area contributed by atoms with Crippen LogP contribution in [0.2, 0.25) is 0 Å². The Morgan fingerprint density at radius 2 is 1.68 bits per heavy atom. The molecule has 3 unspecified atom stereocenters. The first-order chi connectivity index (χ1) is 16.6. The molecule has 0 amide bonds. The number of anilines is 1. The molecule has 2 aromatic rings. The molecule has 2 heterocycles. The molecule has 1 aliphatic carbocycles. The molecule has 4 nitrogen and oxygen atoms in total. The topological polar surface area (TPSA) is 30.9 Å². The van der Waals surface area contributed by atoms with Gasteiger partial charge in [0.05, 0.1) is 0 Å². The summed E-state index contributed by atoms with van der Waals surface area (Å²) in [7, 11) is 2.16. The summed E-state index contributed by atoms with van der Waals surface area (Å²) in [4.78, 5) is 2.29. The first-order valence-corrected chi connectivity index (χ1v) is 13.6. The Hall–Kier alpha value is -2.36. The van der Waals surface area contributed by atoms with Crippen molar-refractivity contribution in [1.29, 1.82) is 0 Å². The highest BCUT2D eigenvalue weighted by Gasteiger charge is 2.51. The monoisotopic (exact) mass is 463 g/mol. The zero-order chi connectivity index (χ0) is 23.5. The fourth-order valence-electron chi connectivity index (χ4n) is 6.46. The second-order valence-electron chi connectivity index (χ2n) is 10.5. The van der Waals surface area contributed by atoms with E-state index >= 15 is 0 Å². The first-order valence-electron chi connectivity index (χ1n) is 13.6. The smallest absolute Gasteiger partial charge is 0.231 e. The van der Waals surface area contributed by atoms with E-state index in [2.05, 4.69) is 62.2 Å². The maximum atomic E-state index is 7.04. The molecule has 0 radical (unpaired) electrons. The molecule has 0 bridgehead atoms. The predicted molar refractivity (Wildman–Crippen MR) is 138 cm³/mol. The maximum absolute atomic E-state index is 7.04. The van der Waals surface area contributed by atoms with Crippen LogP contribution in [0.3, 0.4) is 0 Å². The SMILES string of the molecule is CCCCCCCC12CCCCC1C(c1ccc(N(C)CC)cc1)c1cc3c(cc1O2)OCO3. The number of rotatable bonds is 9. The van der Waals surface area contributed by atoms with Gasteiger partial charge in [0.15, 0.2) is 11.5 Å². The van der Waals surface area contributed by atoms with Crippen molar-refractivity contribution in [1.82, 2.24) is 0 Å². The van der Waals surface area contributed by atoms with Gasteiger partial charge >= 0.3 is 0 Å². The highest BCUT2D eigenvalue weighted by Crippen LogP contribution is 2.57. The zero-order valence-electron chi connectivity index (χ0n) is 21.3. The van der Waals surface area contributed by atoms with Gasteiger partial charge in [0.25, 0.3) is 0 Å². The van der Waals surface area contributed by atoms with Crippen LogP contribution >= 0.6 is 0 Å². The molecule has 34 heavy (non-hydrogen) atoms. The van der Waals surface area contributed by atoms with Crippen molar-refractivity contribution < 1.29 is 14.2 Å². The minimum Gasteiger partial charge on any atom is -0.487 e. The van der Waals surface area contributed by atoms with Gasteiger partial charge in [-0.3, -0.25) is 0 Å². The lowest BCUT2D eigenvalue weighted by Gasteiger charge is -2.52. The van der Waals surface area contributed by atoms with Gasteiger partial charge in [-0.1, -0.05) is 51.2 Å². The Kier molecular flexibility index (Phi) is 6.94. The molecule has 2 aromatic carbocycles. The van der Waals surface area contributed by atoms with Gasteiger partial charge in [-0.15, -0.1) is 0 Å². The number of nitrogens with zero attached hydrogens (tertiary/aromatic N) is 1. The summed E-state index contributed by atoms with van der Waals surface area (Å²) in [6.07, 6.45) is 12.6. The van der Waals surface area contributed by atoms with Crippen LogP contribution in [0.4, 0.5) is 5.69 Å². The van der Waals surface area contributed by atoms with Crippen LogP contribution in [0.1, 0.15) is 95.1 Å². The van der Waals surface area contributed by atoms with E-state index in [-0.39, 0.29) is 5.60 Å². The standard InChI is InChI=1S/C30H41NO3/c1-4-6-7-8-10-17-30-18-11-9-12-25(30)29(22-13-15-23(16-14-22)31(3)5-2)24-19-27-28(33-21-32-27)20-26(24)34-30/h13-16,19-20,25,29H,4-12,17-18,21H2,1-3H3. The number of unbranched alkanes of at least 4 members (excludes halogenated alkanes) is 4. The Bertz CT molecular complexity index is 972. The second-order valence-corrected chi connectivity index (χ2v) is 10.5. The molecule has 0 spiro atoms. The average molecular weight is 464 g/mol. The Balaban J connectivity index is 1.53. The van der Waals surface area contributed by atoms with E-state index in [4.69, 9.17) is 14.2 Å². The number of hydrogen-bond donors (Lipinski definition) is 0. The van der Waals surface area contributed by atoms with Crippen LogP contribution in [0, 0.1) is 5.92 Å². The van der Waals surface area contributed by atoms with Gasteiger partial charge in [-0.25, -0.2) is 0 Å². The molecule has 3 aliphatic rings. The van der Waals surface area contributed by atoms with Gasteiger partial charge in [-0.2, -0.15) is 0 Å². The molecule has 4 heteroatoms. The van der Waals surface area contributed by atoms with Gasteiger partial charge in [-0.05, 0) is 62.8 Å². The predicted octanol–water partition coefficient (Wildman–Crippen LogP) is 7.69. The fourth-order valence-corrected chi connectivity index (χ4v) is 6.46. The van der Waals surface area contributed by atoms with Crippen molar-refractivity contribution in [3.8, 4) is 17.2 Å². The van der Waals surface area contributed by atoms with Crippen LogP contribution in [0.15, 0.2) is 36.4 Å². The first kappa shape index (κ1) is 23.4. The van der Waals surface area contributed by atoms with Crippen molar-refractivity contribution in [2.75, 3.05) is 25.3 Å². The zero-order valence-corrected chi connectivity index (χ0v) is 21.3. The number of benzene rings is 2. The lowest BCUT2D eigenvalue weighted by molar-refractivity contribution is -0.0540. The van der Waals surface area contributed by atoms with Crippen LogP contribution in [0.5, 0.6) is 17.2 Å². The molecule has 1 fully saturated rings. The van der Waals surface area contributed by atoms with E-state index in [1.807, 2.05) is 0 Å². The van der Waals surface area contributed by atoms with E-state index in [1.165, 1.54) is 68.2 Å². The van der Waals surface area contributed by atoms with Crippen molar-refractivity contribution in [3.63, 3.8) is 0 Å². The largest absolute Gasteiger partial charge is 0.487 e. The second kappa shape index (κ2) is 10.1. The van der Waals surface area contributed by atoms with Gasteiger partial charge in [0, 0.05) is 42.7 Å². The summed E-state index contributed by atoms with van der Waals surface area (Å²) in [6, 6.07) is 13.6. The Morgan fingerprint density at radius 1 is 0.912 bits per heavy atom.